The fourth-order valence-electron chi connectivity index (χ4n) is 3.01. The normalized spacial score (nSPS) is 10.6. The number of hydrogen-bond donors (Lipinski definition) is 1. The quantitative estimate of drug-likeness (QED) is 0.385. The van der Waals surface area contributed by atoms with Gasteiger partial charge in [-0.25, -0.2) is 0 Å². The van der Waals surface area contributed by atoms with E-state index in [4.69, 9.17) is 4.74 Å². The van der Waals surface area contributed by atoms with Crippen LogP contribution in [0.5, 0.6) is 5.75 Å². The first-order valence-electron chi connectivity index (χ1n) is 9.77. The van der Waals surface area contributed by atoms with Crippen molar-refractivity contribution in [1.29, 1.82) is 0 Å². The van der Waals surface area contributed by atoms with Crippen molar-refractivity contribution in [3.8, 4) is 5.75 Å². The summed E-state index contributed by atoms with van der Waals surface area (Å²) >= 11 is 1.80. The Morgan fingerprint density at radius 2 is 1.52 bits per heavy atom. The number of thioether (sulfide) groups is 1. The maximum Gasteiger partial charge on any atom is 0.251 e. The van der Waals surface area contributed by atoms with E-state index in [2.05, 4.69) is 42.6 Å². The fraction of sp³-hybridized carbons (Fsp3) is 0.240. The lowest BCUT2D eigenvalue weighted by Crippen LogP contribution is -2.28. The van der Waals surface area contributed by atoms with Gasteiger partial charge in [0.2, 0.25) is 0 Å². The summed E-state index contributed by atoms with van der Waals surface area (Å²) in [6.07, 6.45) is 0. The van der Waals surface area contributed by atoms with Crippen molar-refractivity contribution in [1.82, 2.24) is 5.32 Å². The monoisotopic (exact) mass is 405 g/mol. The lowest BCUT2D eigenvalue weighted by molar-refractivity contribution is 0.0947. The van der Waals surface area contributed by atoms with E-state index in [1.54, 1.807) is 11.8 Å². The molecule has 3 aromatic carbocycles. The summed E-state index contributed by atoms with van der Waals surface area (Å²) in [5.74, 6) is 1.65. The fourth-order valence-corrected chi connectivity index (χ4v) is 3.86. The number of nitrogens with one attached hydrogen (secondary N) is 1. The van der Waals surface area contributed by atoms with Crippen LogP contribution in [0.4, 0.5) is 0 Å². The molecule has 0 unspecified atom stereocenters. The predicted octanol–water partition coefficient (Wildman–Crippen LogP) is 5.71. The Morgan fingerprint density at radius 1 is 0.862 bits per heavy atom. The van der Waals surface area contributed by atoms with Gasteiger partial charge in [-0.15, -0.1) is 11.8 Å². The van der Waals surface area contributed by atoms with E-state index in [1.165, 1.54) is 27.1 Å². The zero-order chi connectivity index (χ0) is 20.6. The largest absolute Gasteiger partial charge is 0.492 e. The van der Waals surface area contributed by atoms with E-state index >= 15 is 0 Å². The minimum atomic E-state index is -0.0771. The Balaban J connectivity index is 1.43. The molecule has 29 heavy (non-hydrogen) atoms. The van der Waals surface area contributed by atoms with E-state index in [9.17, 15) is 4.79 Å². The highest BCUT2D eigenvalue weighted by Crippen LogP contribution is 2.23. The number of rotatable bonds is 8. The highest BCUT2D eigenvalue weighted by atomic mass is 32.2. The van der Waals surface area contributed by atoms with Crippen molar-refractivity contribution < 1.29 is 9.53 Å². The third-order valence-electron chi connectivity index (χ3n) is 4.49. The Kier molecular flexibility index (Phi) is 7.36. The molecule has 0 aliphatic carbocycles. The minimum absolute atomic E-state index is 0.0771. The molecule has 1 N–H and O–H groups in total. The molecule has 0 fully saturated rings. The first-order valence-corrected chi connectivity index (χ1v) is 10.8. The molecule has 0 aliphatic heterocycles. The molecule has 0 bridgehead atoms. The Hall–Kier alpha value is -2.72. The first kappa shape index (κ1) is 21.0. The van der Waals surface area contributed by atoms with E-state index < -0.39 is 0 Å². The summed E-state index contributed by atoms with van der Waals surface area (Å²) < 4.78 is 5.74. The van der Waals surface area contributed by atoms with Gasteiger partial charge in [0.1, 0.15) is 12.4 Å². The molecule has 0 aromatic heterocycles. The van der Waals surface area contributed by atoms with Crippen LogP contribution in [0.1, 0.15) is 32.6 Å². The molecule has 4 heteroatoms. The van der Waals surface area contributed by atoms with Crippen molar-refractivity contribution in [3.63, 3.8) is 0 Å². The Bertz CT molecular complexity index is 929. The molecule has 0 saturated heterocycles. The van der Waals surface area contributed by atoms with Crippen molar-refractivity contribution >= 4 is 17.7 Å². The van der Waals surface area contributed by atoms with Crippen LogP contribution in [-0.4, -0.2) is 19.1 Å². The molecule has 0 saturated carbocycles. The van der Waals surface area contributed by atoms with E-state index in [0.717, 1.165) is 11.5 Å². The lowest BCUT2D eigenvalue weighted by atomic mass is 10.1. The predicted molar refractivity (Wildman–Crippen MR) is 121 cm³/mol. The van der Waals surface area contributed by atoms with E-state index in [0.29, 0.717) is 18.7 Å². The summed E-state index contributed by atoms with van der Waals surface area (Å²) in [4.78, 5) is 13.6. The molecule has 1 amide bonds. The van der Waals surface area contributed by atoms with Crippen molar-refractivity contribution in [2.45, 2.75) is 31.4 Å². The number of amides is 1. The van der Waals surface area contributed by atoms with Crippen LogP contribution in [0.15, 0.2) is 71.6 Å². The van der Waals surface area contributed by atoms with Gasteiger partial charge in [-0.05, 0) is 73.9 Å². The van der Waals surface area contributed by atoms with E-state index in [-0.39, 0.29) is 5.91 Å². The summed E-state index contributed by atoms with van der Waals surface area (Å²) in [5, 5.41) is 2.91. The molecule has 3 rings (SSSR count). The molecule has 0 aliphatic rings. The highest BCUT2D eigenvalue weighted by molar-refractivity contribution is 7.98. The maximum absolute atomic E-state index is 12.3. The van der Waals surface area contributed by atoms with Crippen LogP contribution in [0.2, 0.25) is 0 Å². The molecule has 3 aromatic rings. The van der Waals surface area contributed by atoms with Crippen LogP contribution in [-0.2, 0) is 5.75 Å². The molecule has 150 valence electrons. The van der Waals surface area contributed by atoms with Gasteiger partial charge in [-0.2, -0.15) is 0 Å². The smallest absolute Gasteiger partial charge is 0.251 e. The standard InChI is InChI=1S/C25H27NO2S/c1-18-4-10-24(11-5-18)29-17-21-6-8-22(9-7-21)25(27)26-12-13-28-23-15-19(2)14-20(3)16-23/h4-11,14-16H,12-13,17H2,1-3H3,(H,26,27). The van der Waals surface area contributed by atoms with Crippen LogP contribution >= 0.6 is 11.8 Å². The van der Waals surface area contributed by atoms with Gasteiger partial charge < -0.3 is 10.1 Å². The molecule has 0 radical (unpaired) electrons. The second kappa shape index (κ2) is 10.2. The Labute approximate surface area is 177 Å². The van der Waals surface area contributed by atoms with Crippen LogP contribution < -0.4 is 10.1 Å². The number of ether oxygens (including phenoxy) is 1. The van der Waals surface area contributed by atoms with Crippen LogP contribution in [0.25, 0.3) is 0 Å². The molecule has 0 atom stereocenters. The van der Waals surface area contributed by atoms with Gasteiger partial charge in [0.15, 0.2) is 0 Å². The van der Waals surface area contributed by atoms with Gasteiger partial charge in [0.25, 0.3) is 5.91 Å². The summed E-state index contributed by atoms with van der Waals surface area (Å²) in [5.41, 5.74) is 5.48. The summed E-state index contributed by atoms with van der Waals surface area (Å²) in [6, 6.07) is 22.4. The molecular formula is C25H27NO2S. The average molecular weight is 406 g/mol. The third-order valence-corrected chi connectivity index (χ3v) is 5.58. The zero-order valence-corrected chi connectivity index (χ0v) is 18.0. The third kappa shape index (κ3) is 6.68. The number of carbonyl (C=O) groups excluding carboxylic acids is 1. The Morgan fingerprint density at radius 3 is 2.17 bits per heavy atom. The van der Waals surface area contributed by atoms with E-state index in [1.807, 2.05) is 50.2 Å². The average Bonchev–Trinajstić information content (AvgIpc) is 2.70. The second-order valence-corrected chi connectivity index (χ2v) is 8.28. The topological polar surface area (TPSA) is 38.3 Å². The van der Waals surface area contributed by atoms with Crippen molar-refractivity contribution in [3.05, 3.63) is 94.5 Å². The maximum atomic E-state index is 12.3. The summed E-state index contributed by atoms with van der Waals surface area (Å²) in [6.45, 7) is 7.10. The zero-order valence-electron chi connectivity index (χ0n) is 17.2. The SMILES string of the molecule is Cc1ccc(SCc2ccc(C(=O)NCCOc3cc(C)cc(C)c3)cc2)cc1. The highest BCUT2D eigenvalue weighted by Gasteiger charge is 2.05. The van der Waals surface area contributed by atoms with Gasteiger partial charge in [-0.3, -0.25) is 4.79 Å². The van der Waals surface area contributed by atoms with Crippen molar-refractivity contribution in [2.75, 3.05) is 13.2 Å². The van der Waals surface area contributed by atoms with Crippen LogP contribution in [0.3, 0.4) is 0 Å². The number of aryl methyl sites for hydroxylation is 3. The lowest BCUT2D eigenvalue weighted by Gasteiger charge is -2.10. The molecule has 0 spiro atoms. The van der Waals surface area contributed by atoms with Gasteiger partial charge in [-0.1, -0.05) is 35.9 Å². The first-order chi connectivity index (χ1) is 14.0. The second-order valence-electron chi connectivity index (χ2n) is 7.23. The molecule has 3 nitrogen and oxygen atoms in total. The minimum Gasteiger partial charge on any atom is -0.492 e. The van der Waals surface area contributed by atoms with Crippen LogP contribution in [0, 0.1) is 20.8 Å². The summed E-state index contributed by atoms with van der Waals surface area (Å²) in [7, 11) is 0. The van der Waals surface area contributed by atoms with Crippen molar-refractivity contribution in [2.24, 2.45) is 0 Å². The molecular weight excluding hydrogens is 378 g/mol. The van der Waals surface area contributed by atoms with Gasteiger partial charge in [0.05, 0.1) is 6.54 Å². The van der Waals surface area contributed by atoms with Gasteiger partial charge >= 0.3 is 0 Å². The van der Waals surface area contributed by atoms with Gasteiger partial charge in [0, 0.05) is 16.2 Å². The number of hydrogen-bond acceptors (Lipinski definition) is 3. The number of benzene rings is 3. The molecule has 0 heterocycles. The number of carbonyl (C=O) groups is 1.